The highest BCUT2D eigenvalue weighted by Crippen LogP contribution is 2.49. The summed E-state index contributed by atoms with van der Waals surface area (Å²) in [5.41, 5.74) is 6.05. The minimum Gasteiger partial charge on any atom is -0.0625 e. The van der Waals surface area contributed by atoms with Crippen LogP contribution in [0.4, 0.5) is 0 Å². The highest BCUT2D eigenvalue weighted by atomic mass is 14.4. The first-order chi connectivity index (χ1) is 11.4. The molecule has 0 radical (unpaired) electrons. The fourth-order valence-corrected chi connectivity index (χ4v) is 5.97. The SMILES string of the molecule is Cc1cc(C2C(C)CC(C3CCC(C)CC3)CC2C)cc(C)c1C. The first-order valence-corrected chi connectivity index (χ1v) is 10.4. The largest absolute Gasteiger partial charge is 0.0625 e. The van der Waals surface area contributed by atoms with Crippen molar-refractivity contribution in [3.05, 3.63) is 34.4 Å². The Morgan fingerprint density at radius 3 is 1.71 bits per heavy atom. The van der Waals surface area contributed by atoms with Gasteiger partial charge in [-0.25, -0.2) is 0 Å². The van der Waals surface area contributed by atoms with Gasteiger partial charge in [-0.15, -0.1) is 0 Å². The van der Waals surface area contributed by atoms with E-state index in [0.29, 0.717) is 0 Å². The quantitative estimate of drug-likeness (QED) is 0.539. The second-order valence-electron chi connectivity index (χ2n) is 9.51. The molecule has 134 valence electrons. The molecule has 0 aliphatic heterocycles. The van der Waals surface area contributed by atoms with Gasteiger partial charge in [0.05, 0.1) is 0 Å². The smallest absolute Gasteiger partial charge is 0.0110 e. The lowest BCUT2D eigenvalue weighted by atomic mass is 9.61. The summed E-state index contributed by atoms with van der Waals surface area (Å²) in [5, 5.41) is 0. The molecule has 0 heteroatoms. The van der Waals surface area contributed by atoms with Gasteiger partial charge in [0.25, 0.3) is 0 Å². The summed E-state index contributed by atoms with van der Waals surface area (Å²) in [6, 6.07) is 4.98. The van der Waals surface area contributed by atoms with Crippen molar-refractivity contribution in [3.63, 3.8) is 0 Å². The molecular weight excluding hydrogens is 288 g/mol. The predicted octanol–water partition coefficient (Wildman–Crippen LogP) is 7.20. The molecule has 0 heterocycles. The van der Waals surface area contributed by atoms with Crippen LogP contribution in [0.25, 0.3) is 0 Å². The molecule has 0 aromatic heterocycles. The van der Waals surface area contributed by atoms with E-state index in [0.717, 1.165) is 35.5 Å². The summed E-state index contributed by atoms with van der Waals surface area (Å²) < 4.78 is 0. The van der Waals surface area contributed by atoms with E-state index < -0.39 is 0 Å². The molecule has 24 heavy (non-hydrogen) atoms. The highest BCUT2D eigenvalue weighted by Gasteiger charge is 2.38. The molecule has 0 nitrogen and oxygen atoms in total. The minimum atomic E-state index is 0.766. The standard InChI is InChI=1S/C24H38/c1-15-7-9-21(10-8-15)22-13-18(4)24(19(5)14-22)23-11-16(2)20(6)17(3)12-23/h11-12,15,18-19,21-22,24H,7-10,13-14H2,1-6H3. The van der Waals surface area contributed by atoms with Gasteiger partial charge < -0.3 is 0 Å². The Kier molecular flexibility index (Phi) is 5.42. The van der Waals surface area contributed by atoms with E-state index in [1.54, 1.807) is 5.56 Å². The maximum absolute atomic E-state index is 2.53. The van der Waals surface area contributed by atoms with Gasteiger partial charge in [-0.1, -0.05) is 45.7 Å². The van der Waals surface area contributed by atoms with Crippen LogP contribution in [0.15, 0.2) is 12.1 Å². The van der Waals surface area contributed by atoms with Gasteiger partial charge in [-0.2, -0.15) is 0 Å². The Morgan fingerprint density at radius 1 is 0.708 bits per heavy atom. The van der Waals surface area contributed by atoms with Crippen molar-refractivity contribution in [3.8, 4) is 0 Å². The van der Waals surface area contributed by atoms with Crippen LogP contribution in [0, 0.1) is 50.4 Å². The van der Waals surface area contributed by atoms with E-state index in [2.05, 4.69) is 53.7 Å². The Bertz CT molecular complexity index is 526. The number of hydrogen-bond donors (Lipinski definition) is 0. The van der Waals surface area contributed by atoms with Crippen LogP contribution >= 0.6 is 0 Å². The van der Waals surface area contributed by atoms with Crippen molar-refractivity contribution in [2.75, 3.05) is 0 Å². The van der Waals surface area contributed by atoms with Gasteiger partial charge in [-0.3, -0.25) is 0 Å². The number of benzene rings is 1. The number of rotatable bonds is 2. The molecule has 3 rings (SSSR count). The molecule has 0 amide bonds. The lowest BCUT2D eigenvalue weighted by Crippen LogP contribution is -2.33. The Morgan fingerprint density at radius 2 is 1.21 bits per heavy atom. The topological polar surface area (TPSA) is 0 Å². The summed E-state index contributed by atoms with van der Waals surface area (Å²) in [7, 11) is 0. The second-order valence-corrected chi connectivity index (χ2v) is 9.51. The maximum atomic E-state index is 2.53. The fraction of sp³-hybridized carbons (Fsp3) is 0.750. The number of hydrogen-bond acceptors (Lipinski definition) is 0. The third-order valence-electron chi connectivity index (χ3n) is 7.64. The summed E-state index contributed by atoms with van der Waals surface area (Å²) >= 11 is 0. The third kappa shape index (κ3) is 3.58. The monoisotopic (exact) mass is 326 g/mol. The molecule has 2 saturated carbocycles. The summed E-state index contributed by atoms with van der Waals surface area (Å²) in [6.45, 7) is 14.3. The van der Waals surface area contributed by atoms with Crippen molar-refractivity contribution < 1.29 is 0 Å². The Balaban J connectivity index is 1.74. The van der Waals surface area contributed by atoms with Crippen LogP contribution in [0.2, 0.25) is 0 Å². The molecule has 0 spiro atoms. The summed E-state index contributed by atoms with van der Waals surface area (Å²) in [6.07, 6.45) is 8.87. The molecule has 2 aliphatic rings. The van der Waals surface area contributed by atoms with Crippen molar-refractivity contribution in [1.29, 1.82) is 0 Å². The van der Waals surface area contributed by atoms with Crippen LogP contribution < -0.4 is 0 Å². The van der Waals surface area contributed by atoms with Gasteiger partial charge in [0.15, 0.2) is 0 Å². The molecule has 2 fully saturated rings. The van der Waals surface area contributed by atoms with E-state index in [-0.39, 0.29) is 0 Å². The zero-order valence-corrected chi connectivity index (χ0v) is 16.9. The molecule has 0 saturated heterocycles. The van der Waals surface area contributed by atoms with Gasteiger partial charge >= 0.3 is 0 Å². The van der Waals surface area contributed by atoms with Gasteiger partial charge in [-0.05, 0) is 104 Å². The third-order valence-corrected chi connectivity index (χ3v) is 7.64. The van der Waals surface area contributed by atoms with E-state index in [1.165, 1.54) is 55.2 Å². The Hall–Kier alpha value is -0.780. The first kappa shape index (κ1) is 18.0. The lowest BCUT2D eigenvalue weighted by molar-refractivity contribution is 0.103. The van der Waals surface area contributed by atoms with E-state index in [1.807, 2.05) is 0 Å². The molecule has 2 unspecified atom stereocenters. The zero-order chi connectivity index (χ0) is 17.4. The van der Waals surface area contributed by atoms with Crippen molar-refractivity contribution in [1.82, 2.24) is 0 Å². The summed E-state index contributed by atoms with van der Waals surface area (Å²) in [5.74, 6) is 5.42. The predicted molar refractivity (Wildman–Crippen MR) is 106 cm³/mol. The van der Waals surface area contributed by atoms with Crippen molar-refractivity contribution in [2.24, 2.45) is 29.6 Å². The molecular formula is C24H38. The van der Waals surface area contributed by atoms with Gasteiger partial charge in [0, 0.05) is 0 Å². The molecule has 1 aromatic rings. The van der Waals surface area contributed by atoms with Crippen LogP contribution in [0.5, 0.6) is 0 Å². The molecule has 0 bridgehead atoms. The van der Waals surface area contributed by atoms with Gasteiger partial charge in [0.1, 0.15) is 0 Å². The average Bonchev–Trinajstić information content (AvgIpc) is 2.52. The summed E-state index contributed by atoms with van der Waals surface area (Å²) in [4.78, 5) is 0. The lowest BCUT2D eigenvalue weighted by Gasteiger charge is -2.44. The molecule has 2 atom stereocenters. The van der Waals surface area contributed by atoms with Crippen LogP contribution in [0.1, 0.15) is 87.5 Å². The Labute approximate surface area is 150 Å². The van der Waals surface area contributed by atoms with E-state index in [9.17, 15) is 0 Å². The van der Waals surface area contributed by atoms with Crippen LogP contribution in [-0.4, -0.2) is 0 Å². The zero-order valence-electron chi connectivity index (χ0n) is 16.9. The number of aryl methyl sites for hydroxylation is 2. The van der Waals surface area contributed by atoms with Crippen molar-refractivity contribution >= 4 is 0 Å². The molecule has 2 aliphatic carbocycles. The van der Waals surface area contributed by atoms with Crippen LogP contribution in [0.3, 0.4) is 0 Å². The van der Waals surface area contributed by atoms with E-state index in [4.69, 9.17) is 0 Å². The minimum absolute atomic E-state index is 0.766. The molecule has 0 N–H and O–H groups in total. The van der Waals surface area contributed by atoms with Crippen molar-refractivity contribution in [2.45, 2.75) is 86.0 Å². The normalized spacial score (nSPS) is 37.4. The maximum Gasteiger partial charge on any atom is -0.0110 e. The average molecular weight is 327 g/mol. The molecule has 1 aromatic carbocycles. The van der Waals surface area contributed by atoms with Crippen LogP contribution in [-0.2, 0) is 0 Å². The first-order valence-electron chi connectivity index (χ1n) is 10.4. The van der Waals surface area contributed by atoms with E-state index >= 15 is 0 Å². The van der Waals surface area contributed by atoms with Gasteiger partial charge in [0.2, 0.25) is 0 Å². The fourth-order valence-electron chi connectivity index (χ4n) is 5.97. The highest BCUT2D eigenvalue weighted by molar-refractivity contribution is 5.39. The second kappa shape index (κ2) is 7.22.